The Kier molecular flexibility index (Phi) is 4.53. The molecule has 3 nitrogen and oxygen atoms in total. The van der Waals surface area contributed by atoms with Crippen molar-refractivity contribution in [3.63, 3.8) is 0 Å². The Morgan fingerprint density at radius 3 is 2.55 bits per heavy atom. The van der Waals surface area contributed by atoms with E-state index in [0.29, 0.717) is 18.7 Å². The lowest BCUT2D eigenvalue weighted by Gasteiger charge is -2.22. The minimum atomic E-state index is -0.000787. The smallest absolute Gasteiger partial charge is 0.258 e. The number of anilines is 1. The first-order valence-corrected chi connectivity index (χ1v) is 6.84. The molecule has 2 rings (SSSR count). The lowest BCUT2D eigenvalue weighted by molar-refractivity contribution is 0.0987. The summed E-state index contributed by atoms with van der Waals surface area (Å²) in [6.45, 7) is 5.00. The van der Waals surface area contributed by atoms with E-state index in [1.54, 1.807) is 4.90 Å². The Morgan fingerprint density at radius 2 is 1.90 bits per heavy atom. The fourth-order valence-electron chi connectivity index (χ4n) is 2.29. The van der Waals surface area contributed by atoms with Crippen LogP contribution in [0, 0.1) is 6.92 Å². The van der Waals surface area contributed by atoms with Gasteiger partial charge in [0.15, 0.2) is 0 Å². The van der Waals surface area contributed by atoms with E-state index < -0.39 is 0 Å². The molecular formula is C17H20N2O. The van der Waals surface area contributed by atoms with E-state index in [9.17, 15) is 4.79 Å². The van der Waals surface area contributed by atoms with Gasteiger partial charge < -0.3 is 10.6 Å². The molecule has 104 valence electrons. The van der Waals surface area contributed by atoms with Gasteiger partial charge in [-0.05, 0) is 43.2 Å². The molecule has 0 aromatic heterocycles. The number of nitrogens with zero attached hydrogens (tertiary/aromatic N) is 1. The maximum Gasteiger partial charge on any atom is 0.258 e. The number of rotatable bonds is 4. The highest BCUT2D eigenvalue weighted by Gasteiger charge is 2.18. The van der Waals surface area contributed by atoms with Gasteiger partial charge in [-0.3, -0.25) is 4.79 Å². The zero-order valence-electron chi connectivity index (χ0n) is 12.0. The number of carbonyl (C=O) groups excluding carboxylic acids is 1. The lowest BCUT2D eigenvalue weighted by Crippen LogP contribution is -2.31. The number of hydrogen-bond acceptors (Lipinski definition) is 2. The van der Waals surface area contributed by atoms with E-state index >= 15 is 0 Å². The summed E-state index contributed by atoms with van der Waals surface area (Å²) in [5, 5.41) is 0. The predicted octanol–water partition coefficient (Wildman–Crippen LogP) is 3.12. The standard InChI is InChI=1S/C17H20N2O/c1-3-19(15-9-6-7-13(2)11-15)17(20)16-10-5-4-8-14(16)12-18/h4-11H,3,12,18H2,1-2H3. The highest BCUT2D eigenvalue weighted by Crippen LogP contribution is 2.20. The van der Waals surface area contributed by atoms with Gasteiger partial charge >= 0.3 is 0 Å². The van der Waals surface area contributed by atoms with E-state index in [1.165, 1.54) is 0 Å². The third kappa shape index (κ3) is 2.89. The number of amides is 1. The maximum absolute atomic E-state index is 12.7. The van der Waals surface area contributed by atoms with E-state index in [1.807, 2.05) is 62.4 Å². The molecule has 0 aliphatic rings. The second-order valence-corrected chi connectivity index (χ2v) is 4.75. The van der Waals surface area contributed by atoms with Gasteiger partial charge in [-0.1, -0.05) is 30.3 Å². The van der Waals surface area contributed by atoms with Crippen LogP contribution in [0.25, 0.3) is 0 Å². The predicted molar refractivity (Wildman–Crippen MR) is 82.9 cm³/mol. The normalized spacial score (nSPS) is 10.3. The monoisotopic (exact) mass is 268 g/mol. The highest BCUT2D eigenvalue weighted by atomic mass is 16.2. The van der Waals surface area contributed by atoms with Crippen molar-refractivity contribution >= 4 is 11.6 Å². The average molecular weight is 268 g/mol. The molecule has 0 heterocycles. The molecule has 0 aliphatic carbocycles. The van der Waals surface area contributed by atoms with Crippen molar-refractivity contribution < 1.29 is 4.79 Å². The Morgan fingerprint density at radius 1 is 1.15 bits per heavy atom. The largest absolute Gasteiger partial charge is 0.326 e. The Hall–Kier alpha value is -2.13. The molecule has 0 spiro atoms. The van der Waals surface area contributed by atoms with Gasteiger partial charge in [-0.2, -0.15) is 0 Å². The second-order valence-electron chi connectivity index (χ2n) is 4.75. The van der Waals surface area contributed by atoms with E-state index in [-0.39, 0.29) is 5.91 Å². The summed E-state index contributed by atoms with van der Waals surface area (Å²) in [6, 6.07) is 15.5. The number of aryl methyl sites for hydroxylation is 1. The summed E-state index contributed by atoms with van der Waals surface area (Å²) < 4.78 is 0. The average Bonchev–Trinajstić information content (AvgIpc) is 2.48. The fourth-order valence-corrected chi connectivity index (χ4v) is 2.29. The molecule has 3 heteroatoms. The zero-order chi connectivity index (χ0) is 14.5. The summed E-state index contributed by atoms with van der Waals surface area (Å²) in [5.74, 6) is -0.000787. The molecule has 0 saturated heterocycles. The van der Waals surface area contributed by atoms with Gasteiger partial charge in [0.1, 0.15) is 0 Å². The van der Waals surface area contributed by atoms with Crippen molar-refractivity contribution in [3.05, 3.63) is 65.2 Å². The molecule has 0 radical (unpaired) electrons. The molecule has 0 atom stereocenters. The van der Waals surface area contributed by atoms with Crippen LogP contribution in [0.3, 0.4) is 0 Å². The molecule has 0 aliphatic heterocycles. The first-order chi connectivity index (χ1) is 9.67. The van der Waals surface area contributed by atoms with E-state index in [0.717, 1.165) is 16.8 Å². The number of carbonyl (C=O) groups is 1. The minimum Gasteiger partial charge on any atom is -0.326 e. The second kappa shape index (κ2) is 6.35. The van der Waals surface area contributed by atoms with Crippen LogP contribution in [0.2, 0.25) is 0 Å². The lowest BCUT2D eigenvalue weighted by atomic mass is 10.1. The number of benzene rings is 2. The van der Waals surface area contributed by atoms with Gasteiger partial charge in [-0.15, -0.1) is 0 Å². The van der Waals surface area contributed by atoms with Gasteiger partial charge in [0.05, 0.1) is 0 Å². The molecular weight excluding hydrogens is 248 g/mol. The van der Waals surface area contributed by atoms with Crippen LogP contribution in [0.15, 0.2) is 48.5 Å². The first-order valence-electron chi connectivity index (χ1n) is 6.84. The van der Waals surface area contributed by atoms with Crippen molar-refractivity contribution in [2.75, 3.05) is 11.4 Å². The van der Waals surface area contributed by atoms with Gasteiger partial charge in [0.2, 0.25) is 0 Å². The molecule has 2 aromatic carbocycles. The minimum absolute atomic E-state index is 0.000787. The zero-order valence-corrected chi connectivity index (χ0v) is 12.0. The third-order valence-corrected chi connectivity index (χ3v) is 3.34. The maximum atomic E-state index is 12.7. The molecule has 20 heavy (non-hydrogen) atoms. The van der Waals surface area contributed by atoms with Gasteiger partial charge in [-0.25, -0.2) is 0 Å². The van der Waals surface area contributed by atoms with Crippen LogP contribution in [-0.4, -0.2) is 12.5 Å². The fraction of sp³-hybridized carbons (Fsp3) is 0.235. The SMILES string of the molecule is CCN(C(=O)c1ccccc1CN)c1cccc(C)c1. The third-order valence-electron chi connectivity index (χ3n) is 3.34. The molecule has 1 amide bonds. The summed E-state index contributed by atoms with van der Waals surface area (Å²) in [4.78, 5) is 14.5. The van der Waals surface area contributed by atoms with E-state index in [4.69, 9.17) is 5.73 Å². The Balaban J connectivity index is 2.39. The van der Waals surface area contributed by atoms with Crippen LogP contribution >= 0.6 is 0 Å². The summed E-state index contributed by atoms with van der Waals surface area (Å²) in [5.41, 5.74) is 9.34. The van der Waals surface area contributed by atoms with Gasteiger partial charge in [0.25, 0.3) is 5.91 Å². The summed E-state index contributed by atoms with van der Waals surface area (Å²) in [6.07, 6.45) is 0. The number of nitrogens with two attached hydrogens (primary N) is 1. The van der Waals surface area contributed by atoms with Gasteiger partial charge in [0, 0.05) is 24.3 Å². The molecule has 2 N–H and O–H groups in total. The van der Waals surface area contributed by atoms with Crippen molar-refractivity contribution in [2.24, 2.45) is 5.73 Å². The van der Waals surface area contributed by atoms with Crippen LogP contribution in [0.1, 0.15) is 28.4 Å². The van der Waals surface area contributed by atoms with Crippen LogP contribution in [0.4, 0.5) is 5.69 Å². The molecule has 2 aromatic rings. The summed E-state index contributed by atoms with van der Waals surface area (Å²) in [7, 11) is 0. The summed E-state index contributed by atoms with van der Waals surface area (Å²) >= 11 is 0. The van der Waals surface area contributed by atoms with Crippen molar-refractivity contribution in [1.29, 1.82) is 0 Å². The quantitative estimate of drug-likeness (QED) is 0.926. The van der Waals surface area contributed by atoms with Crippen LogP contribution in [0.5, 0.6) is 0 Å². The molecule has 0 saturated carbocycles. The van der Waals surface area contributed by atoms with Crippen molar-refractivity contribution in [3.8, 4) is 0 Å². The van der Waals surface area contributed by atoms with Crippen molar-refractivity contribution in [1.82, 2.24) is 0 Å². The Labute approximate surface area is 120 Å². The topological polar surface area (TPSA) is 46.3 Å². The van der Waals surface area contributed by atoms with E-state index in [2.05, 4.69) is 0 Å². The molecule has 0 unspecified atom stereocenters. The number of hydrogen-bond donors (Lipinski definition) is 1. The molecule has 0 fully saturated rings. The Bertz CT molecular complexity index is 607. The van der Waals surface area contributed by atoms with Crippen LogP contribution in [-0.2, 0) is 6.54 Å². The van der Waals surface area contributed by atoms with Crippen molar-refractivity contribution in [2.45, 2.75) is 20.4 Å². The molecule has 0 bridgehead atoms. The first kappa shape index (κ1) is 14.3. The van der Waals surface area contributed by atoms with Crippen LogP contribution < -0.4 is 10.6 Å². The highest BCUT2D eigenvalue weighted by molar-refractivity contribution is 6.07.